The van der Waals surface area contributed by atoms with Gasteiger partial charge in [0, 0.05) is 19.8 Å². The first-order valence-electron chi connectivity index (χ1n) is 9.84. The molecule has 7 heteroatoms. The number of ether oxygens (including phenoxy) is 1. The zero-order chi connectivity index (χ0) is 19.9. The number of anilines is 1. The van der Waals surface area contributed by atoms with Gasteiger partial charge in [-0.25, -0.2) is 4.68 Å². The van der Waals surface area contributed by atoms with Crippen molar-refractivity contribution in [2.75, 3.05) is 25.1 Å². The van der Waals surface area contributed by atoms with Crippen LogP contribution in [0.2, 0.25) is 10.0 Å². The molecule has 1 aromatic carbocycles. The Morgan fingerprint density at radius 1 is 1.07 bits per heavy atom. The van der Waals surface area contributed by atoms with Crippen LogP contribution < -0.4 is 5.32 Å². The summed E-state index contributed by atoms with van der Waals surface area (Å²) in [5.41, 5.74) is 1.04. The second kappa shape index (κ2) is 14.7. The number of hydrogen-bond acceptors (Lipinski definition) is 4. The van der Waals surface area contributed by atoms with E-state index in [1.54, 1.807) is 10.7 Å². The van der Waals surface area contributed by atoms with Gasteiger partial charge in [0.05, 0.1) is 22.8 Å². The maximum atomic E-state index is 5.96. The normalized spacial score (nSPS) is 13.5. The van der Waals surface area contributed by atoms with Gasteiger partial charge in [-0.05, 0) is 37.0 Å². The molecule has 1 saturated heterocycles. The quantitative estimate of drug-likeness (QED) is 0.645. The van der Waals surface area contributed by atoms with Gasteiger partial charge in [-0.3, -0.25) is 0 Å². The third kappa shape index (κ3) is 9.99. The fraction of sp³-hybridized carbons (Fsp3) is 0.600. The number of halogens is 2. The summed E-state index contributed by atoms with van der Waals surface area (Å²) in [6, 6.07) is 5.55. The highest BCUT2D eigenvalue weighted by Gasteiger charge is 2.03. The number of benzene rings is 1. The second-order valence-electron chi connectivity index (χ2n) is 6.00. The Morgan fingerprint density at radius 3 is 2.41 bits per heavy atom. The van der Waals surface area contributed by atoms with Crippen molar-refractivity contribution >= 4 is 29.0 Å². The average molecular weight is 415 g/mol. The fourth-order valence-electron chi connectivity index (χ4n) is 2.40. The predicted octanol–water partition coefficient (Wildman–Crippen LogP) is 6.06. The van der Waals surface area contributed by atoms with Crippen LogP contribution in [0.15, 0.2) is 24.4 Å². The van der Waals surface area contributed by atoms with Crippen molar-refractivity contribution < 1.29 is 4.74 Å². The van der Waals surface area contributed by atoms with Crippen LogP contribution in [-0.2, 0) is 11.3 Å². The molecule has 27 heavy (non-hydrogen) atoms. The van der Waals surface area contributed by atoms with Crippen LogP contribution in [0.5, 0.6) is 0 Å². The van der Waals surface area contributed by atoms with Crippen molar-refractivity contribution in [1.82, 2.24) is 15.0 Å². The Balaban J connectivity index is 0.000000338. The van der Waals surface area contributed by atoms with E-state index in [0.29, 0.717) is 16.6 Å². The first kappa shape index (κ1) is 23.7. The molecule has 0 bridgehead atoms. The third-order valence-electron chi connectivity index (χ3n) is 3.75. The van der Waals surface area contributed by atoms with Crippen LogP contribution in [-0.4, -0.2) is 34.8 Å². The third-order valence-corrected chi connectivity index (χ3v) is 4.49. The zero-order valence-corrected chi connectivity index (χ0v) is 18.2. The Kier molecular flexibility index (Phi) is 12.9. The van der Waals surface area contributed by atoms with E-state index >= 15 is 0 Å². The SMILES string of the molecule is C1CCCOCC1.CC.CCCNc1cn(Cc2ccc(Cl)c(Cl)c2)nn1. The van der Waals surface area contributed by atoms with E-state index in [1.165, 1.54) is 25.7 Å². The van der Waals surface area contributed by atoms with Crippen molar-refractivity contribution in [3.05, 3.63) is 40.0 Å². The van der Waals surface area contributed by atoms with Crippen LogP contribution >= 0.6 is 23.2 Å². The molecular weight excluding hydrogens is 383 g/mol. The van der Waals surface area contributed by atoms with Gasteiger partial charge in [-0.15, -0.1) is 5.10 Å². The molecule has 1 aliphatic rings. The molecule has 0 atom stereocenters. The summed E-state index contributed by atoms with van der Waals surface area (Å²) in [5.74, 6) is 0.789. The molecule has 0 unspecified atom stereocenters. The Hall–Kier alpha value is -1.30. The van der Waals surface area contributed by atoms with Crippen molar-refractivity contribution in [2.45, 2.75) is 59.4 Å². The van der Waals surface area contributed by atoms with E-state index in [1.807, 2.05) is 32.2 Å². The van der Waals surface area contributed by atoms with Gasteiger partial charge in [-0.1, -0.05) is 68.1 Å². The molecule has 1 aliphatic heterocycles. The standard InChI is InChI=1S/C12H14Cl2N4.C6H12O.C2H6/c1-2-5-15-12-8-18(17-16-12)7-9-3-4-10(13)11(14)6-9;1-2-4-6-7-5-3-1;1-2/h3-4,6,8,15H,2,5,7H2,1H3;1-6H2;1-2H3. The summed E-state index contributed by atoms with van der Waals surface area (Å²) >= 11 is 11.8. The lowest BCUT2D eigenvalue weighted by molar-refractivity contribution is 0.144. The highest BCUT2D eigenvalue weighted by molar-refractivity contribution is 6.42. The number of aromatic nitrogens is 3. The number of rotatable bonds is 5. The molecule has 1 N–H and O–H groups in total. The minimum absolute atomic E-state index is 0.554. The lowest BCUT2D eigenvalue weighted by atomic mass is 10.2. The molecule has 3 rings (SSSR count). The molecule has 1 fully saturated rings. The predicted molar refractivity (Wildman–Crippen MR) is 115 cm³/mol. The van der Waals surface area contributed by atoms with E-state index in [9.17, 15) is 0 Å². The van der Waals surface area contributed by atoms with E-state index < -0.39 is 0 Å². The molecule has 5 nitrogen and oxygen atoms in total. The molecule has 2 heterocycles. The monoisotopic (exact) mass is 414 g/mol. The highest BCUT2D eigenvalue weighted by atomic mass is 35.5. The number of nitrogens with zero attached hydrogens (tertiary/aromatic N) is 3. The maximum absolute atomic E-state index is 5.96. The molecule has 2 aromatic rings. The molecule has 1 aromatic heterocycles. The Labute approximate surface area is 173 Å². The first-order chi connectivity index (χ1) is 13.2. The Bertz CT molecular complexity index is 615. The molecule has 0 radical (unpaired) electrons. The van der Waals surface area contributed by atoms with E-state index in [4.69, 9.17) is 27.9 Å². The van der Waals surface area contributed by atoms with Crippen LogP contribution in [0.4, 0.5) is 5.82 Å². The second-order valence-corrected chi connectivity index (χ2v) is 6.82. The minimum Gasteiger partial charge on any atom is -0.381 e. The molecule has 0 aliphatic carbocycles. The Morgan fingerprint density at radius 2 is 1.78 bits per heavy atom. The van der Waals surface area contributed by atoms with Gasteiger partial charge in [0.25, 0.3) is 0 Å². The molecular formula is C20H32Cl2N4O. The van der Waals surface area contributed by atoms with Gasteiger partial charge >= 0.3 is 0 Å². The summed E-state index contributed by atoms with van der Waals surface area (Å²) in [6.07, 6.45) is 8.23. The van der Waals surface area contributed by atoms with Crippen molar-refractivity contribution in [2.24, 2.45) is 0 Å². The summed E-state index contributed by atoms with van der Waals surface area (Å²) in [5, 5.41) is 12.4. The van der Waals surface area contributed by atoms with E-state index in [0.717, 1.165) is 37.6 Å². The molecule has 0 spiro atoms. The molecule has 152 valence electrons. The van der Waals surface area contributed by atoms with Gasteiger partial charge < -0.3 is 10.1 Å². The van der Waals surface area contributed by atoms with Crippen molar-refractivity contribution in [3.8, 4) is 0 Å². The van der Waals surface area contributed by atoms with Gasteiger partial charge in [-0.2, -0.15) is 0 Å². The summed E-state index contributed by atoms with van der Waals surface area (Å²) in [4.78, 5) is 0. The summed E-state index contributed by atoms with van der Waals surface area (Å²) in [6.45, 7) is 9.62. The van der Waals surface area contributed by atoms with Crippen LogP contribution in [0.1, 0.15) is 58.4 Å². The minimum atomic E-state index is 0.554. The largest absolute Gasteiger partial charge is 0.381 e. The summed E-state index contributed by atoms with van der Waals surface area (Å²) in [7, 11) is 0. The lowest BCUT2D eigenvalue weighted by Gasteiger charge is -2.02. The fourth-order valence-corrected chi connectivity index (χ4v) is 2.72. The van der Waals surface area contributed by atoms with Gasteiger partial charge in [0.15, 0.2) is 5.82 Å². The van der Waals surface area contributed by atoms with Crippen LogP contribution in [0.3, 0.4) is 0 Å². The number of hydrogen-bond donors (Lipinski definition) is 1. The van der Waals surface area contributed by atoms with E-state index in [2.05, 4.69) is 22.6 Å². The number of nitrogens with one attached hydrogen (secondary N) is 1. The van der Waals surface area contributed by atoms with Crippen molar-refractivity contribution in [1.29, 1.82) is 0 Å². The first-order valence-corrected chi connectivity index (χ1v) is 10.6. The topological polar surface area (TPSA) is 52.0 Å². The van der Waals surface area contributed by atoms with E-state index in [-0.39, 0.29) is 0 Å². The van der Waals surface area contributed by atoms with Gasteiger partial charge in [0.1, 0.15) is 0 Å². The highest BCUT2D eigenvalue weighted by Crippen LogP contribution is 2.22. The molecule has 0 amide bonds. The van der Waals surface area contributed by atoms with Crippen LogP contribution in [0.25, 0.3) is 0 Å². The summed E-state index contributed by atoms with van der Waals surface area (Å²) < 4.78 is 6.96. The smallest absolute Gasteiger partial charge is 0.168 e. The lowest BCUT2D eigenvalue weighted by Crippen LogP contribution is -2.00. The van der Waals surface area contributed by atoms with Gasteiger partial charge in [0.2, 0.25) is 0 Å². The average Bonchev–Trinajstić information content (AvgIpc) is 2.93. The molecule has 0 saturated carbocycles. The maximum Gasteiger partial charge on any atom is 0.168 e. The zero-order valence-electron chi connectivity index (χ0n) is 16.7. The van der Waals surface area contributed by atoms with Crippen molar-refractivity contribution in [3.63, 3.8) is 0 Å². The van der Waals surface area contributed by atoms with Crippen LogP contribution in [0, 0.1) is 0 Å².